The molecule has 116 valence electrons. The van der Waals surface area contributed by atoms with Crippen LogP contribution in [0.2, 0.25) is 0 Å². The van der Waals surface area contributed by atoms with E-state index in [1.165, 1.54) is 5.56 Å². The van der Waals surface area contributed by atoms with Crippen molar-refractivity contribution in [3.8, 4) is 0 Å². The molecule has 1 fully saturated rings. The molecule has 2 rings (SSSR count). The molecule has 4 nitrogen and oxygen atoms in total. The average molecular weight is 289 g/mol. The summed E-state index contributed by atoms with van der Waals surface area (Å²) in [6.07, 6.45) is 3.63. The topological polar surface area (TPSA) is 36.4 Å². The largest absolute Gasteiger partial charge is 0.341 e. The van der Waals surface area contributed by atoms with Gasteiger partial charge in [0.05, 0.1) is 0 Å². The zero-order valence-electron chi connectivity index (χ0n) is 13.7. The fraction of sp³-hybridized carbons (Fsp3) is 0.647. The molecule has 4 heteroatoms. The van der Waals surface area contributed by atoms with E-state index >= 15 is 0 Å². The highest BCUT2D eigenvalue weighted by Crippen LogP contribution is 2.28. The maximum atomic E-state index is 12.3. The van der Waals surface area contributed by atoms with Gasteiger partial charge in [0.2, 0.25) is 5.91 Å². The van der Waals surface area contributed by atoms with Gasteiger partial charge in [-0.1, -0.05) is 19.9 Å². The molecule has 1 aromatic rings. The standard InChI is InChI=1S/C17H27N3O/c1-13(2)16-6-5-15(12-18-16)14-7-8-20(17(21)11-14)10-9-19(3)4/h5-6,12-14H,7-11H2,1-4H3/t14-/m0/s1. The van der Waals surface area contributed by atoms with E-state index < -0.39 is 0 Å². The molecule has 0 bridgehead atoms. The van der Waals surface area contributed by atoms with Crippen LogP contribution < -0.4 is 0 Å². The van der Waals surface area contributed by atoms with E-state index in [-0.39, 0.29) is 5.91 Å². The van der Waals surface area contributed by atoms with E-state index in [0.29, 0.717) is 18.3 Å². The van der Waals surface area contributed by atoms with Crippen molar-refractivity contribution in [2.75, 3.05) is 33.7 Å². The Bertz CT molecular complexity index is 467. The molecular weight excluding hydrogens is 262 g/mol. The van der Waals surface area contributed by atoms with Crippen LogP contribution >= 0.6 is 0 Å². The minimum absolute atomic E-state index is 0.279. The quantitative estimate of drug-likeness (QED) is 0.835. The van der Waals surface area contributed by atoms with E-state index in [1.54, 1.807) is 0 Å². The first kappa shape index (κ1) is 16.0. The Kier molecular flexibility index (Phi) is 5.34. The third-order valence-corrected chi connectivity index (χ3v) is 4.21. The number of piperidine rings is 1. The summed E-state index contributed by atoms with van der Waals surface area (Å²) in [7, 11) is 4.08. The first-order valence-corrected chi connectivity index (χ1v) is 7.85. The molecule has 1 aromatic heterocycles. The molecule has 0 spiro atoms. The van der Waals surface area contributed by atoms with Crippen LogP contribution in [0.25, 0.3) is 0 Å². The van der Waals surface area contributed by atoms with Crippen molar-refractivity contribution in [2.45, 2.75) is 38.5 Å². The zero-order valence-corrected chi connectivity index (χ0v) is 13.7. The normalized spacial score (nSPS) is 19.6. The molecular formula is C17H27N3O. The number of nitrogens with zero attached hydrogens (tertiary/aromatic N) is 3. The Morgan fingerprint density at radius 3 is 2.67 bits per heavy atom. The summed E-state index contributed by atoms with van der Waals surface area (Å²) in [6, 6.07) is 4.25. The van der Waals surface area contributed by atoms with Gasteiger partial charge in [0.1, 0.15) is 0 Å². The molecule has 0 N–H and O–H groups in total. The lowest BCUT2D eigenvalue weighted by Crippen LogP contribution is -2.41. The molecule has 0 aromatic carbocycles. The minimum atomic E-state index is 0.279. The van der Waals surface area contributed by atoms with E-state index in [1.807, 2.05) is 25.2 Å². The Hall–Kier alpha value is -1.42. The van der Waals surface area contributed by atoms with Crippen molar-refractivity contribution >= 4 is 5.91 Å². The lowest BCUT2D eigenvalue weighted by Gasteiger charge is -2.32. The summed E-state index contributed by atoms with van der Waals surface area (Å²) < 4.78 is 0. The summed E-state index contributed by atoms with van der Waals surface area (Å²) in [4.78, 5) is 20.9. The number of carbonyl (C=O) groups excluding carboxylic acids is 1. The van der Waals surface area contributed by atoms with E-state index in [9.17, 15) is 4.79 Å². The van der Waals surface area contributed by atoms with Crippen LogP contribution in [0, 0.1) is 0 Å². The van der Waals surface area contributed by atoms with Gasteiger partial charge in [-0.05, 0) is 44.0 Å². The van der Waals surface area contributed by atoms with Gasteiger partial charge in [-0.3, -0.25) is 9.78 Å². The molecule has 1 saturated heterocycles. The molecule has 0 aliphatic carbocycles. The van der Waals surface area contributed by atoms with Gasteiger partial charge < -0.3 is 9.80 Å². The number of amides is 1. The van der Waals surface area contributed by atoms with E-state index in [2.05, 4.69) is 35.9 Å². The summed E-state index contributed by atoms with van der Waals surface area (Å²) >= 11 is 0. The fourth-order valence-electron chi connectivity index (χ4n) is 2.72. The Morgan fingerprint density at radius 2 is 2.14 bits per heavy atom. The van der Waals surface area contributed by atoms with Crippen molar-refractivity contribution in [2.24, 2.45) is 0 Å². The SMILES string of the molecule is CC(C)c1ccc([C@H]2CCN(CCN(C)C)C(=O)C2)cn1. The minimum Gasteiger partial charge on any atom is -0.341 e. The van der Waals surface area contributed by atoms with Gasteiger partial charge in [0.25, 0.3) is 0 Å². The van der Waals surface area contributed by atoms with Crippen molar-refractivity contribution in [3.63, 3.8) is 0 Å². The zero-order chi connectivity index (χ0) is 15.4. The number of carbonyl (C=O) groups is 1. The van der Waals surface area contributed by atoms with Gasteiger partial charge in [0.15, 0.2) is 0 Å². The first-order chi connectivity index (χ1) is 9.97. The number of pyridine rings is 1. The number of rotatable bonds is 5. The van der Waals surface area contributed by atoms with Gasteiger partial charge in [-0.15, -0.1) is 0 Å². The fourth-order valence-corrected chi connectivity index (χ4v) is 2.72. The predicted octanol–water partition coefficient (Wildman–Crippen LogP) is 2.47. The molecule has 1 aliphatic heterocycles. The van der Waals surface area contributed by atoms with Gasteiger partial charge >= 0.3 is 0 Å². The van der Waals surface area contributed by atoms with Gasteiger partial charge in [-0.2, -0.15) is 0 Å². The number of likely N-dealkylation sites (N-methyl/N-ethyl adjacent to an activating group) is 1. The second-order valence-corrected chi connectivity index (χ2v) is 6.54. The average Bonchev–Trinajstić information content (AvgIpc) is 2.46. The van der Waals surface area contributed by atoms with Crippen molar-refractivity contribution in [3.05, 3.63) is 29.6 Å². The maximum absolute atomic E-state index is 12.3. The van der Waals surface area contributed by atoms with Crippen LogP contribution in [0.15, 0.2) is 18.3 Å². The number of likely N-dealkylation sites (tertiary alicyclic amines) is 1. The van der Waals surface area contributed by atoms with Gasteiger partial charge in [-0.25, -0.2) is 0 Å². The van der Waals surface area contributed by atoms with Crippen LogP contribution in [-0.2, 0) is 4.79 Å². The molecule has 0 unspecified atom stereocenters. The highest BCUT2D eigenvalue weighted by atomic mass is 16.2. The monoisotopic (exact) mass is 289 g/mol. The Balaban J connectivity index is 1.94. The van der Waals surface area contributed by atoms with Crippen LogP contribution in [0.5, 0.6) is 0 Å². The second-order valence-electron chi connectivity index (χ2n) is 6.54. The molecule has 21 heavy (non-hydrogen) atoms. The highest BCUT2D eigenvalue weighted by molar-refractivity contribution is 5.78. The Morgan fingerprint density at radius 1 is 1.38 bits per heavy atom. The molecule has 0 saturated carbocycles. The first-order valence-electron chi connectivity index (χ1n) is 7.85. The summed E-state index contributed by atoms with van der Waals surface area (Å²) in [5.41, 5.74) is 2.33. The predicted molar refractivity (Wildman–Crippen MR) is 85.4 cm³/mol. The summed E-state index contributed by atoms with van der Waals surface area (Å²) in [6.45, 7) is 6.93. The van der Waals surface area contributed by atoms with Gasteiger partial charge in [0, 0.05) is 37.9 Å². The molecule has 1 amide bonds. The molecule has 1 atom stereocenters. The number of aromatic nitrogens is 1. The van der Waals surface area contributed by atoms with Crippen LogP contribution in [0.3, 0.4) is 0 Å². The van der Waals surface area contributed by atoms with Crippen molar-refractivity contribution in [1.82, 2.24) is 14.8 Å². The Labute approximate surface area is 128 Å². The maximum Gasteiger partial charge on any atom is 0.223 e. The molecule has 1 aliphatic rings. The van der Waals surface area contributed by atoms with Crippen LogP contribution in [0.1, 0.15) is 49.8 Å². The number of hydrogen-bond acceptors (Lipinski definition) is 3. The van der Waals surface area contributed by atoms with Crippen LogP contribution in [0.4, 0.5) is 0 Å². The lowest BCUT2D eigenvalue weighted by molar-refractivity contribution is -0.134. The number of hydrogen-bond donors (Lipinski definition) is 0. The molecule has 0 radical (unpaired) electrons. The second kappa shape index (κ2) is 7.03. The van der Waals surface area contributed by atoms with E-state index in [0.717, 1.165) is 31.7 Å². The smallest absolute Gasteiger partial charge is 0.223 e. The van der Waals surface area contributed by atoms with E-state index in [4.69, 9.17) is 0 Å². The summed E-state index contributed by atoms with van der Waals surface area (Å²) in [5.74, 6) is 1.07. The van der Waals surface area contributed by atoms with Crippen LogP contribution in [-0.4, -0.2) is 54.4 Å². The van der Waals surface area contributed by atoms with Crippen molar-refractivity contribution in [1.29, 1.82) is 0 Å². The highest BCUT2D eigenvalue weighted by Gasteiger charge is 2.26. The third-order valence-electron chi connectivity index (χ3n) is 4.21. The third kappa shape index (κ3) is 4.27. The lowest BCUT2D eigenvalue weighted by atomic mass is 9.89. The van der Waals surface area contributed by atoms with Crippen molar-refractivity contribution < 1.29 is 4.79 Å². The summed E-state index contributed by atoms with van der Waals surface area (Å²) in [5, 5.41) is 0. The molecule has 2 heterocycles.